The van der Waals surface area contributed by atoms with Crippen LogP contribution in [0.3, 0.4) is 0 Å². The molecule has 0 bridgehead atoms. The van der Waals surface area contributed by atoms with Gasteiger partial charge in [0, 0.05) is 18.3 Å². The third-order valence-corrected chi connectivity index (χ3v) is 2.66. The van der Waals surface area contributed by atoms with Gasteiger partial charge >= 0.3 is 5.97 Å². The fraction of sp³-hybridized carbons (Fsp3) is 0.286. The van der Waals surface area contributed by atoms with E-state index in [9.17, 15) is 9.59 Å². The molecule has 1 aromatic carbocycles. The number of benzene rings is 1. The molecule has 0 aliphatic heterocycles. The van der Waals surface area contributed by atoms with Crippen LogP contribution in [0.1, 0.15) is 18.9 Å². The first-order valence-electron chi connectivity index (χ1n) is 6.03. The number of carboxylic acids is 1. The van der Waals surface area contributed by atoms with Crippen LogP contribution in [0.25, 0.3) is 6.08 Å². The average Bonchev–Trinajstić information content (AvgIpc) is 2.37. The van der Waals surface area contributed by atoms with Crippen molar-refractivity contribution < 1.29 is 14.7 Å². The highest BCUT2D eigenvalue weighted by Crippen LogP contribution is 2.06. The van der Waals surface area contributed by atoms with Crippen LogP contribution in [-0.4, -0.2) is 23.5 Å². The van der Waals surface area contributed by atoms with Crippen molar-refractivity contribution in [3.05, 3.63) is 35.9 Å². The van der Waals surface area contributed by atoms with Crippen LogP contribution in [-0.2, 0) is 9.59 Å². The van der Waals surface area contributed by atoms with Crippen LogP contribution >= 0.6 is 0 Å². The van der Waals surface area contributed by atoms with Crippen LogP contribution in [0.2, 0.25) is 0 Å². The second-order valence-electron chi connectivity index (χ2n) is 4.32. The van der Waals surface area contributed by atoms with E-state index in [1.54, 1.807) is 25.1 Å². The molecule has 5 heteroatoms. The Morgan fingerprint density at radius 1 is 1.37 bits per heavy atom. The van der Waals surface area contributed by atoms with Crippen LogP contribution in [0, 0.1) is 5.92 Å². The quantitative estimate of drug-likeness (QED) is 0.535. The number of anilines is 1. The molecule has 0 heterocycles. The molecule has 0 saturated heterocycles. The van der Waals surface area contributed by atoms with Gasteiger partial charge in [0.05, 0.1) is 5.92 Å². The molecular weight excluding hydrogens is 244 g/mol. The molecule has 1 rings (SSSR count). The molecule has 0 spiro atoms. The minimum absolute atomic E-state index is 0.241. The number of amides is 1. The molecule has 1 aromatic rings. The smallest absolute Gasteiger partial charge is 0.306 e. The molecule has 1 unspecified atom stereocenters. The van der Waals surface area contributed by atoms with E-state index in [4.69, 9.17) is 10.8 Å². The molecule has 0 aliphatic rings. The van der Waals surface area contributed by atoms with Gasteiger partial charge in [-0.1, -0.05) is 19.1 Å². The number of nitrogens with one attached hydrogen (secondary N) is 1. The average molecular weight is 262 g/mol. The molecule has 1 amide bonds. The molecule has 0 aliphatic carbocycles. The monoisotopic (exact) mass is 262 g/mol. The zero-order valence-electron chi connectivity index (χ0n) is 10.8. The summed E-state index contributed by atoms with van der Waals surface area (Å²) >= 11 is 0. The Labute approximate surface area is 112 Å². The molecule has 0 saturated carbocycles. The summed E-state index contributed by atoms with van der Waals surface area (Å²) in [7, 11) is 0. The van der Waals surface area contributed by atoms with Gasteiger partial charge in [-0.25, -0.2) is 0 Å². The third-order valence-electron chi connectivity index (χ3n) is 2.66. The summed E-state index contributed by atoms with van der Waals surface area (Å²) in [5.41, 5.74) is 7.10. The first kappa shape index (κ1) is 14.8. The highest BCUT2D eigenvalue weighted by atomic mass is 16.4. The number of carbonyl (C=O) groups excluding carboxylic acids is 1. The van der Waals surface area contributed by atoms with Gasteiger partial charge in [-0.15, -0.1) is 0 Å². The van der Waals surface area contributed by atoms with Gasteiger partial charge in [0.15, 0.2) is 0 Å². The van der Waals surface area contributed by atoms with Crippen molar-refractivity contribution in [1.82, 2.24) is 5.32 Å². The van der Waals surface area contributed by atoms with Crippen molar-refractivity contribution in [3.63, 3.8) is 0 Å². The number of aliphatic carboxylic acids is 1. The lowest BCUT2D eigenvalue weighted by molar-refractivity contribution is -0.141. The normalized spacial score (nSPS) is 12.3. The van der Waals surface area contributed by atoms with Gasteiger partial charge in [-0.05, 0) is 30.2 Å². The highest BCUT2D eigenvalue weighted by molar-refractivity contribution is 5.91. The van der Waals surface area contributed by atoms with E-state index in [1.807, 2.05) is 12.1 Å². The SMILES string of the molecule is CC(CCNC(=O)/C=C/c1ccc(N)cc1)C(=O)O. The molecular formula is C14H18N2O3. The van der Waals surface area contributed by atoms with E-state index in [1.165, 1.54) is 6.08 Å². The molecule has 1 atom stereocenters. The Morgan fingerprint density at radius 3 is 2.58 bits per heavy atom. The van der Waals surface area contributed by atoms with Crippen LogP contribution < -0.4 is 11.1 Å². The number of carbonyl (C=O) groups is 2. The van der Waals surface area contributed by atoms with Gasteiger partial charge in [-0.2, -0.15) is 0 Å². The molecule has 0 radical (unpaired) electrons. The van der Waals surface area contributed by atoms with Gasteiger partial charge in [-0.3, -0.25) is 9.59 Å². The second kappa shape index (κ2) is 7.20. The Balaban J connectivity index is 2.35. The van der Waals surface area contributed by atoms with Crippen molar-refractivity contribution in [2.45, 2.75) is 13.3 Å². The summed E-state index contributed by atoms with van der Waals surface area (Å²) in [5.74, 6) is -1.55. The highest BCUT2D eigenvalue weighted by Gasteiger charge is 2.09. The van der Waals surface area contributed by atoms with Crippen molar-refractivity contribution in [3.8, 4) is 0 Å². The van der Waals surface area contributed by atoms with Crippen molar-refractivity contribution in [2.75, 3.05) is 12.3 Å². The fourth-order valence-corrected chi connectivity index (χ4v) is 1.37. The van der Waals surface area contributed by atoms with Crippen molar-refractivity contribution in [1.29, 1.82) is 0 Å². The maximum absolute atomic E-state index is 11.5. The summed E-state index contributed by atoms with van der Waals surface area (Å²) in [6.45, 7) is 1.96. The molecule has 19 heavy (non-hydrogen) atoms. The Kier molecular flexibility index (Phi) is 5.60. The lowest BCUT2D eigenvalue weighted by Crippen LogP contribution is -2.25. The van der Waals surface area contributed by atoms with Crippen LogP contribution in [0.5, 0.6) is 0 Å². The van der Waals surface area contributed by atoms with Crippen LogP contribution in [0.15, 0.2) is 30.3 Å². The Bertz CT molecular complexity index is 466. The minimum atomic E-state index is -0.855. The first-order chi connectivity index (χ1) is 8.99. The number of hydrogen-bond acceptors (Lipinski definition) is 3. The zero-order valence-corrected chi connectivity index (χ0v) is 10.8. The standard InChI is InChI=1S/C14H18N2O3/c1-10(14(18)19)8-9-16-13(17)7-4-11-2-5-12(15)6-3-11/h2-7,10H,8-9,15H2,1H3,(H,16,17)(H,18,19)/b7-4+. The number of nitrogens with two attached hydrogens (primary N) is 1. The first-order valence-corrected chi connectivity index (χ1v) is 6.03. The Morgan fingerprint density at radius 2 is 2.00 bits per heavy atom. The van der Waals surface area contributed by atoms with Gasteiger partial charge < -0.3 is 16.2 Å². The maximum atomic E-state index is 11.5. The molecule has 0 aromatic heterocycles. The van der Waals surface area contributed by atoms with E-state index < -0.39 is 11.9 Å². The lowest BCUT2D eigenvalue weighted by Gasteiger charge is -2.05. The predicted octanol–water partition coefficient (Wildman–Crippen LogP) is 1.51. The van der Waals surface area contributed by atoms with Crippen LogP contribution in [0.4, 0.5) is 5.69 Å². The van der Waals surface area contributed by atoms with Gasteiger partial charge in [0.1, 0.15) is 0 Å². The van der Waals surface area contributed by atoms with Gasteiger partial charge in [0.25, 0.3) is 0 Å². The lowest BCUT2D eigenvalue weighted by atomic mass is 10.1. The number of carboxylic acid groups (broad SMARTS) is 1. The summed E-state index contributed by atoms with van der Waals surface area (Å²) < 4.78 is 0. The Hall–Kier alpha value is -2.30. The van der Waals surface area contributed by atoms with Crippen molar-refractivity contribution >= 4 is 23.6 Å². The summed E-state index contributed by atoms with van der Waals surface area (Å²) in [6, 6.07) is 7.13. The predicted molar refractivity (Wildman–Crippen MR) is 74.3 cm³/mol. The number of nitrogen functional groups attached to an aromatic ring is 1. The molecule has 0 fully saturated rings. The topological polar surface area (TPSA) is 92.4 Å². The fourth-order valence-electron chi connectivity index (χ4n) is 1.37. The van der Waals surface area contributed by atoms with Crippen molar-refractivity contribution in [2.24, 2.45) is 5.92 Å². The minimum Gasteiger partial charge on any atom is -0.481 e. The third kappa shape index (κ3) is 5.72. The van der Waals surface area contributed by atoms with E-state index in [0.29, 0.717) is 18.7 Å². The number of rotatable bonds is 6. The number of hydrogen-bond donors (Lipinski definition) is 3. The van der Waals surface area contributed by atoms with E-state index in [-0.39, 0.29) is 5.91 Å². The van der Waals surface area contributed by atoms with E-state index in [2.05, 4.69) is 5.32 Å². The summed E-state index contributed by atoms with van der Waals surface area (Å²) in [5, 5.41) is 11.3. The zero-order chi connectivity index (χ0) is 14.3. The van der Waals surface area contributed by atoms with Gasteiger partial charge in [0.2, 0.25) is 5.91 Å². The largest absolute Gasteiger partial charge is 0.481 e. The van der Waals surface area contributed by atoms with E-state index in [0.717, 1.165) is 5.56 Å². The molecule has 5 nitrogen and oxygen atoms in total. The maximum Gasteiger partial charge on any atom is 0.306 e. The van der Waals surface area contributed by atoms with E-state index >= 15 is 0 Å². The molecule has 4 N–H and O–H groups in total. The second-order valence-corrected chi connectivity index (χ2v) is 4.32. The summed E-state index contributed by atoms with van der Waals surface area (Å²) in [6.07, 6.45) is 3.50. The molecule has 102 valence electrons. The summed E-state index contributed by atoms with van der Waals surface area (Å²) in [4.78, 5) is 22.0.